The first kappa shape index (κ1) is 14.2. The third-order valence-electron chi connectivity index (χ3n) is 3.55. The first-order valence-electron chi connectivity index (χ1n) is 7.10. The molecular formula is C18H17NO3. The molecule has 1 N–H and O–H groups in total. The lowest BCUT2D eigenvalue weighted by molar-refractivity contribution is 0.0949. The highest BCUT2D eigenvalue weighted by atomic mass is 16.3. The molecule has 0 bridgehead atoms. The number of carbonyl (C=O) groups excluding carboxylic acids is 1. The summed E-state index contributed by atoms with van der Waals surface area (Å²) in [5, 5.41) is 2.91. The molecule has 4 heteroatoms. The van der Waals surface area contributed by atoms with Crippen LogP contribution in [0.25, 0.3) is 11.1 Å². The molecule has 0 radical (unpaired) electrons. The fourth-order valence-electron chi connectivity index (χ4n) is 2.38. The normalized spacial score (nSPS) is 10.6. The molecule has 2 aromatic heterocycles. The van der Waals surface area contributed by atoms with Crippen molar-refractivity contribution >= 4 is 5.91 Å². The number of aryl methyl sites for hydroxylation is 2. The summed E-state index contributed by atoms with van der Waals surface area (Å²) in [4.78, 5) is 12.1. The lowest BCUT2D eigenvalue weighted by Gasteiger charge is -2.05. The molecule has 4 nitrogen and oxygen atoms in total. The molecular weight excluding hydrogens is 278 g/mol. The molecule has 112 valence electrons. The van der Waals surface area contributed by atoms with Crippen molar-refractivity contribution in [2.45, 2.75) is 20.4 Å². The van der Waals surface area contributed by atoms with Gasteiger partial charge in [-0.3, -0.25) is 4.79 Å². The average Bonchev–Trinajstić information content (AvgIpc) is 3.15. The fraction of sp³-hybridized carbons (Fsp3) is 0.167. The van der Waals surface area contributed by atoms with Gasteiger partial charge in [0.25, 0.3) is 5.91 Å². The van der Waals surface area contributed by atoms with Crippen LogP contribution in [-0.2, 0) is 6.54 Å². The predicted molar refractivity (Wildman–Crippen MR) is 83.5 cm³/mol. The Kier molecular flexibility index (Phi) is 3.83. The Labute approximate surface area is 128 Å². The van der Waals surface area contributed by atoms with Crippen LogP contribution >= 0.6 is 0 Å². The third-order valence-corrected chi connectivity index (χ3v) is 3.55. The minimum Gasteiger partial charge on any atom is -0.472 e. The number of furan rings is 2. The van der Waals surface area contributed by atoms with Gasteiger partial charge in [-0.15, -0.1) is 0 Å². The van der Waals surface area contributed by atoms with Gasteiger partial charge in [-0.25, -0.2) is 0 Å². The molecule has 1 aromatic carbocycles. The molecule has 0 fully saturated rings. The number of hydrogen-bond donors (Lipinski definition) is 1. The number of carbonyl (C=O) groups is 1. The van der Waals surface area contributed by atoms with Crippen molar-refractivity contribution in [2.75, 3.05) is 0 Å². The highest BCUT2D eigenvalue weighted by molar-refractivity contribution is 5.95. The van der Waals surface area contributed by atoms with Crippen LogP contribution in [-0.4, -0.2) is 5.91 Å². The summed E-state index contributed by atoms with van der Waals surface area (Å²) in [5.41, 5.74) is 3.76. The molecule has 0 aliphatic rings. The van der Waals surface area contributed by atoms with Crippen molar-refractivity contribution in [1.82, 2.24) is 5.32 Å². The van der Waals surface area contributed by atoms with Gasteiger partial charge in [0.15, 0.2) is 0 Å². The van der Waals surface area contributed by atoms with Gasteiger partial charge >= 0.3 is 0 Å². The summed E-state index contributed by atoms with van der Waals surface area (Å²) >= 11 is 0. The van der Waals surface area contributed by atoms with E-state index in [-0.39, 0.29) is 5.91 Å². The Morgan fingerprint density at radius 3 is 2.45 bits per heavy atom. The van der Waals surface area contributed by atoms with Crippen molar-refractivity contribution < 1.29 is 13.6 Å². The van der Waals surface area contributed by atoms with Crippen LogP contribution in [0.1, 0.15) is 27.4 Å². The van der Waals surface area contributed by atoms with Gasteiger partial charge in [0.1, 0.15) is 11.5 Å². The summed E-state index contributed by atoms with van der Waals surface area (Å²) in [7, 11) is 0. The van der Waals surface area contributed by atoms with E-state index in [0.29, 0.717) is 17.9 Å². The maximum Gasteiger partial charge on any atom is 0.255 e. The zero-order valence-corrected chi connectivity index (χ0v) is 12.6. The second kappa shape index (κ2) is 5.93. The summed E-state index contributed by atoms with van der Waals surface area (Å²) < 4.78 is 10.4. The number of hydrogen-bond acceptors (Lipinski definition) is 3. The van der Waals surface area contributed by atoms with Crippen molar-refractivity contribution in [3.05, 3.63) is 71.6 Å². The SMILES string of the molecule is Cc1cc(C(=O)NCc2ccc(-c3ccoc3)cc2)c(C)o1. The molecule has 2 heterocycles. The van der Waals surface area contributed by atoms with Gasteiger partial charge in [-0.1, -0.05) is 24.3 Å². The van der Waals surface area contributed by atoms with Crippen LogP contribution in [0.2, 0.25) is 0 Å². The van der Waals surface area contributed by atoms with Crippen LogP contribution in [0.4, 0.5) is 0 Å². The Bertz CT molecular complexity index is 767. The van der Waals surface area contributed by atoms with Gasteiger partial charge in [-0.2, -0.15) is 0 Å². The maximum absolute atomic E-state index is 12.1. The zero-order chi connectivity index (χ0) is 15.5. The van der Waals surface area contributed by atoms with E-state index in [4.69, 9.17) is 8.83 Å². The first-order valence-corrected chi connectivity index (χ1v) is 7.10. The van der Waals surface area contributed by atoms with Gasteiger partial charge < -0.3 is 14.2 Å². The summed E-state index contributed by atoms with van der Waals surface area (Å²) in [6.07, 6.45) is 3.36. The van der Waals surface area contributed by atoms with Gasteiger partial charge in [-0.05, 0) is 37.1 Å². The summed E-state index contributed by atoms with van der Waals surface area (Å²) in [6, 6.07) is 11.7. The Hall–Kier alpha value is -2.75. The van der Waals surface area contributed by atoms with Crippen LogP contribution in [0.15, 0.2) is 57.8 Å². The molecule has 0 atom stereocenters. The average molecular weight is 295 g/mol. The topological polar surface area (TPSA) is 55.4 Å². The molecule has 0 aliphatic carbocycles. The Balaban J connectivity index is 1.64. The van der Waals surface area contributed by atoms with Crippen LogP contribution in [0, 0.1) is 13.8 Å². The third kappa shape index (κ3) is 2.96. The van der Waals surface area contributed by atoms with E-state index in [2.05, 4.69) is 5.32 Å². The molecule has 0 spiro atoms. The maximum atomic E-state index is 12.1. The molecule has 0 unspecified atom stereocenters. The van der Waals surface area contributed by atoms with Crippen LogP contribution in [0.3, 0.4) is 0 Å². The minimum atomic E-state index is -0.117. The number of amides is 1. The Morgan fingerprint density at radius 2 is 1.86 bits per heavy atom. The molecule has 1 amide bonds. The summed E-state index contributed by atoms with van der Waals surface area (Å²) in [6.45, 7) is 4.11. The fourth-order valence-corrected chi connectivity index (χ4v) is 2.38. The van der Waals surface area contributed by atoms with Crippen molar-refractivity contribution in [2.24, 2.45) is 0 Å². The molecule has 0 aliphatic heterocycles. The number of nitrogens with one attached hydrogen (secondary N) is 1. The standard InChI is InChI=1S/C18H17NO3/c1-12-9-17(13(2)22-12)18(20)19-10-14-3-5-15(6-4-14)16-7-8-21-11-16/h3-9,11H,10H2,1-2H3,(H,19,20). The van der Waals surface area contributed by atoms with E-state index in [9.17, 15) is 4.79 Å². The highest BCUT2D eigenvalue weighted by Gasteiger charge is 2.12. The van der Waals surface area contributed by atoms with E-state index in [1.807, 2.05) is 37.3 Å². The monoisotopic (exact) mass is 295 g/mol. The summed E-state index contributed by atoms with van der Waals surface area (Å²) in [5.74, 6) is 1.27. The second-order valence-corrected chi connectivity index (χ2v) is 5.22. The highest BCUT2D eigenvalue weighted by Crippen LogP contribution is 2.20. The van der Waals surface area contributed by atoms with Gasteiger partial charge in [0.2, 0.25) is 0 Å². The van der Waals surface area contributed by atoms with Crippen LogP contribution in [0.5, 0.6) is 0 Å². The number of benzene rings is 1. The van der Waals surface area contributed by atoms with Gasteiger partial charge in [0.05, 0.1) is 18.1 Å². The predicted octanol–water partition coefficient (Wildman–Crippen LogP) is 4.09. The lowest BCUT2D eigenvalue weighted by Crippen LogP contribution is -2.22. The van der Waals surface area contributed by atoms with Gasteiger partial charge in [0, 0.05) is 12.1 Å². The molecule has 3 aromatic rings. The van der Waals surface area contributed by atoms with Crippen molar-refractivity contribution in [1.29, 1.82) is 0 Å². The first-order chi connectivity index (χ1) is 10.6. The van der Waals surface area contributed by atoms with E-state index in [0.717, 1.165) is 22.5 Å². The number of rotatable bonds is 4. The second-order valence-electron chi connectivity index (χ2n) is 5.22. The van der Waals surface area contributed by atoms with E-state index in [1.54, 1.807) is 25.5 Å². The zero-order valence-electron chi connectivity index (χ0n) is 12.6. The largest absolute Gasteiger partial charge is 0.472 e. The molecule has 0 saturated heterocycles. The molecule has 0 saturated carbocycles. The smallest absolute Gasteiger partial charge is 0.255 e. The van der Waals surface area contributed by atoms with E-state index >= 15 is 0 Å². The minimum absolute atomic E-state index is 0.117. The van der Waals surface area contributed by atoms with Crippen LogP contribution < -0.4 is 5.32 Å². The quantitative estimate of drug-likeness (QED) is 0.788. The Morgan fingerprint density at radius 1 is 1.09 bits per heavy atom. The van der Waals surface area contributed by atoms with E-state index < -0.39 is 0 Å². The van der Waals surface area contributed by atoms with Crippen molar-refractivity contribution in [3.8, 4) is 11.1 Å². The molecule has 3 rings (SSSR count). The van der Waals surface area contributed by atoms with E-state index in [1.165, 1.54) is 0 Å². The van der Waals surface area contributed by atoms with Crippen molar-refractivity contribution in [3.63, 3.8) is 0 Å². The lowest BCUT2D eigenvalue weighted by atomic mass is 10.1. The molecule has 22 heavy (non-hydrogen) atoms.